The maximum absolute atomic E-state index is 13.8. The van der Waals surface area contributed by atoms with Crippen LogP contribution in [0, 0.1) is 18.8 Å². The Morgan fingerprint density at radius 2 is 1.83 bits per heavy atom. The van der Waals surface area contributed by atoms with E-state index in [9.17, 15) is 9.59 Å². The topological polar surface area (TPSA) is 151 Å². The predicted octanol–water partition coefficient (Wildman–Crippen LogP) is 4.76. The van der Waals surface area contributed by atoms with Gasteiger partial charge in [-0.25, -0.2) is 10.1 Å². The number of carbonyl (C=O) groups is 2. The van der Waals surface area contributed by atoms with Gasteiger partial charge in [-0.15, -0.1) is 0 Å². The lowest BCUT2D eigenvalue weighted by atomic mass is 9.81. The first kappa shape index (κ1) is 32.6. The number of anilines is 2. The Morgan fingerprint density at radius 3 is 2.51 bits per heavy atom. The van der Waals surface area contributed by atoms with Crippen molar-refractivity contribution in [1.82, 2.24) is 25.5 Å². The molecule has 2 aromatic carbocycles. The number of ether oxygens (including phenoxy) is 1. The summed E-state index contributed by atoms with van der Waals surface area (Å²) in [6.07, 6.45) is 5.64. The molecule has 1 atom stereocenters. The maximum Gasteiger partial charge on any atom is 0.247 e. The van der Waals surface area contributed by atoms with Crippen LogP contribution in [-0.4, -0.2) is 70.9 Å². The Labute approximate surface area is 279 Å². The number of H-pyrrole nitrogens is 1. The summed E-state index contributed by atoms with van der Waals surface area (Å²) in [5.41, 5.74) is 11.3. The van der Waals surface area contributed by atoms with E-state index in [-0.39, 0.29) is 23.0 Å². The average molecular weight is 657 g/mol. The second-order valence-electron chi connectivity index (χ2n) is 12.4. The highest BCUT2D eigenvalue weighted by Crippen LogP contribution is 2.30. The summed E-state index contributed by atoms with van der Waals surface area (Å²) in [5.74, 6) is 1.35. The molecule has 0 radical (unpaired) electrons. The summed E-state index contributed by atoms with van der Waals surface area (Å²) in [5, 5.41) is 13.0. The molecule has 2 amide bonds. The number of carbonyl (C=O) groups excluding carboxylic acids is 2. The van der Waals surface area contributed by atoms with E-state index in [4.69, 9.17) is 27.1 Å². The fraction of sp³-hybridized carbons (Fsp3) is 0.400. The molecule has 0 bridgehead atoms. The number of hydrogen-bond donors (Lipinski definition) is 4. The van der Waals surface area contributed by atoms with Crippen molar-refractivity contribution in [3.8, 4) is 22.5 Å². The Kier molecular flexibility index (Phi) is 10.4. The molecule has 1 aliphatic carbocycles. The molecule has 2 fully saturated rings. The van der Waals surface area contributed by atoms with E-state index in [0.717, 1.165) is 72.4 Å². The van der Waals surface area contributed by atoms with Crippen LogP contribution in [0.3, 0.4) is 0 Å². The second kappa shape index (κ2) is 15.1. The largest absolute Gasteiger partial charge is 0.378 e. The Hall–Kier alpha value is -4.32. The molecule has 2 aliphatic rings. The number of aryl methyl sites for hydroxylation is 1. The smallest absolute Gasteiger partial charge is 0.247 e. The number of nitrogens with two attached hydrogens (primary N) is 1. The van der Waals surface area contributed by atoms with Crippen LogP contribution in [0.25, 0.3) is 22.5 Å². The molecule has 3 heterocycles. The highest BCUT2D eigenvalue weighted by atomic mass is 35.5. The van der Waals surface area contributed by atoms with Crippen LogP contribution in [0.1, 0.15) is 36.8 Å². The molecular weight excluding hydrogens is 616 g/mol. The zero-order valence-corrected chi connectivity index (χ0v) is 27.3. The second-order valence-corrected chi connectivity index (χ2v) is 12.8. The molecule has 11 nitrogen and oxygen atoms in total. The highest BCUT2D eigenvalue weighted by molar-refractivity contribution is 6.28. The number of aromatic amines is 1. The summed E-state index contributed by atoms with van der Waals surface area (Å²) >= 11 is 5.88. The van der Waals surface area contributed by atoms with Gasteiger partial charge in [0.05, 0.1) is 13.2 Å². The summed E-state index contributed by atoms with van der Waals surface area (Å²) < 4.78 is 5.49. The molecule has 1 saturated carbocycles. The summed E-state index contributed by atoms with van der Waals surface area (Å²) in [6, 6.07) is 16.6. The van der Waals surface area contributed by atoms with Gasteiger partial charge >= 0.3 is 0 Å². The molecule has 47 heavy (non-hydrogen) atoms. The van der Waals surface area contributed by atoms with Gasteiger partial charge in [-0.1, -0.05) is 24.3 Å². The van der Waals surface area contributed by atoms with Crippen molar-refractivity contribution in [2.24, 2.45) is 17.6 Å². The first-order valence-corrected chi connectivity index (χ1v) is 16.6. The van der Waals surface area contributed by atoms with Crippen molar-refractivity contribution in [2.45, 2.75) is 45.1 Å². The van der Waals surface area contributed by atoms with Gasteiger partial charge in [-0.2, -0.15) is 10.1 Å². The van der Waals surface area contributed by atoms with Crippen LogP contribution in [0.4, 0.5) is 11.5 Å². The van der Waals surface area contributed by atoms with Crippen LogP contribution >= 0.6 is 11.6 Å². The van der Waals surface area contributed by atoms with E-state index in [1.54, 1.807) is 12.1 Å². The van der Waals surface area contributed by atoms with Gasteiger partial charge < -0.3 is 26.0 Å². The fourth-order valence-electron chi connectivity index (χ4n) is 6.37. The van der Waals surface area contributed by atoms with Gasteiger partial charge in [0.15, 0.2) is 5.82 Å². The van der Waals surface area contributed by atoms with E-state index in [1.165, 1.54) is 0 Å². The average Bonchev–Trinajstić information content (AvgIpc) is 3.54. The number of aromatic nitrogens is 4. The molecule has 12 heteroatoms. The number of morpholine rings is 1. The van der Waals surface area contributed by atoms with E-state index in [1.807, 2.05) is 30.5 Å². The van der Waals surface area contributed by atoms with E-state index in [2.05, 4.69) is 55.8 Å². The van der Waals surface area contributed by atoms with Crippen LogP contribution in [0.2, 0.25) is 5.28 Å². The van der Waals surface area contributed by atoms with Crippen LogP contribution in [0.5, 0.6) is 0 Å². The molecule has 2 aromatic heterocycles. The molecule has 1 saturated heterocycles. The van der Waals surface area contributed by atoms with E-state index < -0.39 is 6.04 Å². The standard InChI is InChI=1S/C35H41ClN8O3/c1-22-17-31(44-13-15-47-16-14-44)38-21-29(22)27-4-2-3-24(18-27)19-30(40-33(45)26-7-5-23(20-37)6-8-26)34(46)39-28-11-9-25(10-12-28)32-41-35(36)43-42-32/h2-4,9-12,17-18,21,23,26,30H,5-8,13-16,19-20,37H2,1H3,(H,39,46)(H,40,45)(H,41,42,43). The van der Waals surface area contributed by atoms with Crippen molar-refractivity contribution < 1.29 is 14.3 Å². The quantitative estimate of drug-likeness (QED) is 0.191. The lowest BCUT2D eigenvalue weighted by Gasteiger charge is -2.28. The molecule has 1 unspecified atom stereocenters. The monoisotopic (exact) mass is 656 g/mol. The Balaban J connectivity index is 1.19. The van der Waals surface area contributed by atoms with Crippen molar-refractivity contribution in [2.75, 3.05) is 43.1 Å². The van der Waals surface area contributed by atoms with Gasteiger partial charge in [0, 0.05) is 48.4 Å². The summed E-state index contributed by atoms with van der Waals surface area (Å²) in [4.78, 5) is 38.4. The van der Waals surface area contributed by atoms with Crippen molar-refractivity contribution in [3.05, 3.63) is 77.2 Å². The molecule has 1 aliphatic heterocycles. The zero-order valence-electron chi connectivity index (χ0n) is 26.5. The minimum absolute atomic E-state index is 0.0904. The number of amides is 2. The lowest BCUT2D eigenvalue weighted by molar-refractivity contribution is -0.130. The number of nitrogens with zero attached hydrogens (tertiary/aromatic N) is 4. The third kappa shape index (κ3) is 8.16. The molecule has 5 N–H and O–H groups in total. The number of benzene rings is 2. The van der Waals surface area contributed by atoms with Gasteiger partial charge in [0.1, 0.15) is 11.9 Å². The van der Waals surface area contributed by atoms with Crippen molar-refractivity contribution in [1.29, 1.82) is 0 Å². The van der Waals surface area contributed by atoms with E-state index in [0.29, 0.717) is 43.6 Å². The van der Waals surface area contributed by atoms with E-state index >= 15 is 0 Å². The maximum atomic E-state index is 13.8. The minimum atomic E-state index is -0.778. The third-order valence-electron chi connectivity index (χ3n) is 9.16. The van der Waals surface area contributed by atoms with Gasteiger partial charge in [-0.05, 0) is 104 Å². The predicted molar refractivity (Wildman–Crippen MR) is 183 cm³/mol. The number of pyridine rings is 1. The van der Waals surface area contributed by atoms with Crippen molar-refractivity contribution in [3.63, 3.8) is 0 Å². The summed E-state index contributed by atoms with van der Waals surface area (Å²) in [7, 11) is 0. The van der Waals surface area contributed by atoms with Gasteiger partial charge in [0.25, 0.3) is 0 Å². The number of rotatable bonds is 10. The minimum Gasteiger partial charge on any atom is -0.378 e. The molecule has 0 spiro atoms. The van der Waals surface area contributed by atoms with Gasteiger partial charge in [-0.3, -0.25) is 9.59 Å². The Morgan fingerprint density at radius 1 is 1.06 bits per heavy atom. The van der Waals surface area contributed by atoms with Crippen LogP contribution < -0.4 is 21.3 Å². The molecule has 4 aromatic rings. The number of nitrogens with one attached hydrogen (secondary N) is 3. The first-order chi connectivity index (χ1) is 22.9. The van der Waals surface area contributed by atoms with Crippen LogP contribution in [0.15, 0.2) is 60.8 Å². The zero-order chi connectivity index (χ0) is 32.8. The Bertz CT molecular complexity index is 1680. The van der Waals surface area contributed by atoms with Crippen molar-refractivity contribution >= 4 is 34.9 Å². The number of halogens is 1. The molecular formula is C35H41ClN8O3. The molecule has 246 valence electrons. The highest BCUT2D eigenvalue weighted by Gasteiger charge is 2.29. The summed E-state index contributed by atoms with van der Waals surface area (Å²) in [6.45, 7) is 5.78. The first-order valence-electron chi connectivity index (χ1n) is 16.2. The molecule has 6 rings (SSSR count). The van der Waals surface area contributed by atoms with Crippen LogP contribution in [-0.2, 0) is 20.7 Å². The number of hydrogen-bond acceptors (Lipinski definition) is 8. The van der Waals surface area contributed by atoms with Gasteiger partial charge in [0.2, 0.25) is 17.1 Å². The SMILES string of the molecule is Cc1cc(N2CCOCC2)ncc1-c1cccc(CC(NC(=O)C2CCC(CN)CC2)C(=O)Nc2ccc(-c3n[nH]c(Cl)n3)cc2)c1. The normalized spacial score (nSPS) is 18.8. The fourth-order valence-corrected chi connectivity index (χ4v) is 6.49. The lowest BCUT2D eigenvalue weighted by Crippen LogP contribution is -2.48. The third-order valence-corrected chi connectivity index (χ3v) is 9.33.